The van der Waals surface area contributed by atoms with Crippen LogP contribution in [0.3, 0.4) is 0 Å². The Bertz CT molecular complexity index is 471. The van der Waals surface area contributed by atoms with Gasteiger partial charge in [-0.05, 0) is 6.07 Å². The Morgan fingerprint density at radius 1 is 1.69 bits per heavy atom. The van der Waals surface area contributed by atoms with Gasteiger partial charge in [0.05, 0.1) is 18.2 Å². The topological polar surface area (TPSA) is 63.0 Å². The Morgan fingerprint density at radius 3 is 2.75 bits per heavy atom. The molecule has 0 spiro atoms. The fourth-order valence-electron chi connectivity index (χ4n) is 1.02. The molecule has 0 fully saturated rings. The van der Waals surface area contributed by atoms with Crippen LogP contribution >= 0.6 is 11.6 Å². The van der Waals surface area contributed by atoms with Crippen LogP contribution in [0.25, 0.3) is 0 Å². The third-order valence-corrected chi connectivity index (χ3v) is 2.04. The molecule has 1 rings (SSSR count). The molecular formula is C9H5ClF2N2O2. The van der Waals surface area contributed by atoms with Gasteiger partial charge in [0.25, 0.3) is 6.43 Å². The van der Waals surface area contributed by atoms with Gasteiger partial charge in [0.15, 0.2) is 5.69 Å². The van der Waals surface area contributed by atoms with Gasteiger partial charge < -0.3 is 4.74 Å². The summed E-state index contributed by atoms with van der Waals surface area (Å²) < 4.78 is 29.3. The normalized spacial score (nSPS) is 10.0. The minimum atomic E-state index is -2.91. The Hall–Kier alpha value is -1.74. The van der Waals surface area contributed by atoms with E-state index in [1.54, 1.807) is 0 Å². The van der Waals surface area contributed by atoms with Crippen molar-refractivity contribution in [3.63, 3.8) is 0 Å². The molecule has 0 radical (unpaired) electrons. The minimum Gasteiger partial charge on any atom is -0.465 e. The summed E-state index contributed by atoms with van der Waals surface area (Å²) in [5.74, 6) is -0.885. The second kappa shape index (κ2) is 4.86. The lowest BCUT2D eigenvalue weighted by molar-refractivity contribution is 0.0600. The summed E-state index contributed by atoms with van der Waals surface area (Å²) in [6.07, 6.45) is -2.91. The fourth-order valence-corrected chi connectivity index (χ4v) is 1.23. The predicted molar refractivity (Wildman–Crippen MR) is 50.3 cm³/mol. The van der Waals surface area contributed by atoms with Gasteiger partial charge in [-0.25, -0.2) is 18.6 Å². The largest absolute Gasteiger partial charge is 0.465 e. The number of methoxy groups -OCH3 is 1. The van der Waals surface area contributed by atoms with E-state index >= 15 is 0 Å². The van der Waals surface area contributed by atoms with Crippen LogP contribution in [0.1, 0.15) is 28.0 Å². The molecular weight excluding hydrogens is 242 g/mol. The van der Waals surface area contributed by atoms with E-state index in [0.717, 1.165) is 13.2 Å². The SMILES string of the molecule is COC(=O)c1cc(C(F)F)c(C#N)nc1Cl. The molecule has 0 saturated carbocycles. The van der Waals surface area contributed by atoms with Crippen LogP contribution in [0, 0.1) is 11.3 Å². The van der Waals surface area contributed by atoms with E-state index < -0.39 is 23.7 Å². The number of nitriles is 1. The average Bonchev–Trinajstić information content (AvgIpc) is 2.27. The number of ether oxygens (including phenoxy) is 1. The molecule has 0 atom stereocenters. The standard InChI is InChI=1S/C9H5ClF2N2O2/c1-16-9(15)5-2-4(8(11)12)6(3-13)14-7(5)10/h2,8H,1H3. The lowest BCUT2D eigenvalue weighted by Gasteiger charge is -2.06. The minimum absolute atomic E-state index is 0.293. The average molecular weight is 247 g/mol. The molecule has 0 amide bonds. The molecule has 0 aliphatic heterocycles. The van der Waals surface area contributed by atoms with Gasteiger partial charge in [-0.15, -0.1) is 0 Å². The molecule has 0 aliphatic carbocycles. The monoisotopic (exact) mass is 246 g/mol. The van der Waals surface area contributed by atoms with E-state index in [-0.39, 0.29) is 10.7 Å². The molecule has 16 heavy (non-hydrogen) atoms. The van der Waals surface area contributed by atoms with E-state index in [1.807, 2.05) is 0 Å². The van der Waals surface area contributed by atoms with Crippen molar-refractivity contribution in [2.45, 2.75) is 6.43 Å². The zero-order valence-corrected chi connectivity index (χ0v) is 8.76. The highest BCUT2D eigenvalue weighted by molar-refractivity contribution is 6.32. The van der Waals surface area contributed by atoms with Crippen molar-refractivity contribution in [1.29, 1.82) is 5.26 Å². The van der Waals surface area contributed by atoms with Gasteiger partial charge >= 0.3 is 5.97 Å². The van der Waals surface area contributed by atoms with E-state index in [9.17, 15) is 13.6 Å². The van der Waals surface area contributed by atoms with Crippen molar-refractivity contribution < 1.29 is 18.3 Å². The molecule has 0 saturated heterocycles. The highest BCUT2D eigenvalue weighted by atomic mass is 35.5. The summed E-state index contributed by atoms with van der Waals surface area (Å²) in [6.45, 7) is 0. The maximum atomic E-state index is 12.5. The highest BCUT2D eigenvalue weighted by Gasteiger charge is 2.21. The van der Waals surface area contributed by atoms with Gasteiger partial charge in [-0.2, -0.15) is 5.26 Å². The number of pyridine rings is 1. The number of alkyl halides is 2. The molecule has 1 aromatic rings. The lowest BCUT2D eigenvalue weighted by Crippen LogP contribution is -2.07. The first-order chi connectivity index (χ1) is 7.51. The maximum Gasteiger partial charge on any atom is 0.341 e. The first-order valence-electron chi connectivity index (χ1n) is 3.98. The number of carbonyl (C=O) groups excluding carboxylic acids is 1. The van der Waals surface area contributed by atoms with Crippen LogP contribution < -0.4 is 0 Å². The van der Waals surface area contributed by atoms with E-state index in [0.29, 0.717) is 0 Å². The van der Waals surface area contributed by atoms with E-state index in [4.69, 9.17) is 16.9 Å². The Labute approximate surface area is 94.4 Å². The molecule has 0 aliphatic rings. The third-order valence-electron chi connectivity index (χ3n) is 1.75. The number of halogens is 3. The number of nitrogens with zero attached hydrogens (tertiary/aromatic N) is 2. The molecule has 0 N–H and O–H groups in total. The molecule has 0 aromatic carbocycles. The highest BCUT2D eigenvalue weighted by Crippen LogP contribution is 2.26. The molecule has 1 heterocycles. The number of aromatic nitrogens is 1. The van der Waals surface area contributed by atoms with Crippen molar-refractivity contribution in [3.8, 4) is 6.07 Å². The van der Waals surface area contributed by atoms with Crippen molar-refractivity contribution >= 4 is 17.6 Å². The van der Waals surface area contributed by atoms with Gasteiger partial charge in [-0.3, -0.25) is 0 Å². The van der Waals surface area contributed by atoms with Gasteiger partial charge in [0.2, 0.25) is 0 Å². The number of hydrogen-bond donors (Lipinski definition) is 0. The summed E-state index contributed by atoms with van der Waals surface area (Å²) in [5.41, 5.74) is -1.45. The van der Waals surface area contributed by atoms with Crippen molar-refractivity contribution in [2.75, 3.05) is 7.11 Å². The number of carbonyl (C=O) groups is 1. The number of esters is 1. The lowest BCUT2D eigenvalue weighted by atomic mass is 10.1. The second-order valence-electron chi connectivity index (χ2n) is 2.67. The summed E-state index contributed by atoms with van der Waals surface area (Å²) in [4.78, 5) is 14.5. The third kappa shape index (κ3) is 2.25. The first kappa shape index (κ1) is 12.3. The van der Waals surface area contributed by atoms with E-state index in [1.165, 1.54) is 6.07 Å². The van der Waals surface area contributed by atoms with Crippen molar-refractivity contribution in [2.24, 2.45) is 0 Å². The number of rotatable bonds is 2. The zero-order chi connectivity index (χ0) is 12.3. The number of hydrogen-bond acceptors (Lipinski definition) is 4. The van der Waals surface area contributed by atoms with E-state index in [2.05, 4.69) is 9.72 Å². The van der Waals surface area contributed by atoms with Crippen LogP contribution in [-0.4, -0.2) is 18.1 Å². The Morgan fingerprint density at radius 2 is 2.31 bits per heavy atom. The molecule has 84 valence electrons. The van der Waals surface area contributed by atoms with Gasteiger partial charge in [0, 0.05) is 0 Å². The van der Waals surface area contributed by atoms with Crippen LogP contribution in [-0.2, 0) is 4.74 Å². The van der Waals surface area contributed by atoms with Crippen LogP contribution in [0.4, 0.5) is 8.78 Å². The second-order valence-corrected chi connectivity index (χ2v) is 3.03. The summed E-state index contributed by atoms with van der Waals surface area (Å²) >= 11 is 5.55. The fraction of sp³-hybridized carbons (Fsp3) is 0.222. The Kier molecular flexibility index (Phi) is 3.74. The summed E-state index contributed by atoms with van der Waals surface area (Å²) in [6, 6.07) is 2.28. The van der Waals surface area contributed by atoms with Crippen molar-refractivity contribution in [3.05, 3.63) is 28.0 Å². The molecule has 7 heteroatoms. The zero-order valence-electron chi connectivity index (χ0n) is 8.00. The van der Waals surface area contributed by atoms with Gasteiger partial charge in [-0.1, -0.05) is 11.6 Å². The summed E-state index contributed by atoms with van der Waals surface area (Å²) in [7, 11) is 1.08. The quantitative estimate of drug-likeness (QED) is 0.593. The Balaban J connectivity index is 3.40. The molecule has 4 nitrogen and oxygen atoms in total. The van der Waals surface area contributed by atoms with Gasteiger partial charge in [0.1, 0.15) is 11.2 Å². The molecule has 0 bridgehead atoms. The van der Waals surface area contributed by atoms with Crippen LogP contribution in [0.2, 0.25) is 5.15 Å². The molecule has 1 aromatic heterocycles. The maximum absolute atomic E-state index is 12.5. The van der Waals surface area contributed by atoms with Crippen molar-refractivity contribution in [1.82, 2.24) is 4.98 Å². The first-order valence-corrected chi connectivity index (χ1v) is 4.36. The van der Waals surface area contributed by atoms with Crippen LogP contribution in [0.5, 0.6) is 0 Å². The summed E-state index contributed by atoms with van der Waals surface area (Å²) in [5, 5.41) is 8.22. The molecule has 0 unspecified atom stereocenters. The van der Waals surface area contributed by atoms with Crippen LogP contribution in [0.15, 0.2) is 6.07 Å². The predicted octanol–water partition coefficient (Wildman–Crippen LogP) is 2.33. The smallest absolute Gasteiger partial charge is 0.341 e.